The van der Waals surface area contributed by atoms with Gasteiger partial charge in [-0.05, 0) is 126 Å². The predicted molar refractivity (Wildman–Crippen MR) is 420 cm³/mol. The Balaban J connectivity index is 2.04. The zero-order chi connectivity index (χ0) is 83.3. The zero-order valence-electron chi connectivity index (χ0n) is 69.4. The first-order valence-corrected chi connectivity index (χ1v) is 40.1. The van der Waals surface area contributed by atoms with Crippen LogP contribution >= 0.6 is 0 Å². The number of nitrogens with two attached hydrogens (primary N) is 1. The van der Waals surface area contributed by atoms with Gasteiger partial charge < -0.3 is 78.5 Å². The monoisotopic (exact) mass is 1550 g/mol. The van der Waals surface area contributed by atoms with Crippen molar-refractivity contribution in [1.29, 1.82) is 0 Å². The summed E-state index contributed by atoms with van der Waals surface area (Å²) in [7, 11) is 0. The lowest BCUT2D eigenvalue weighted by Crippen LogP contribution is -2.63. The third-order valence-corrected chi connectivity index (χ3v) is 20.8. The van der Waals surface area contributed by atoms with Gasteiger partial charge in [-0.3, -0.25) is 62.3 Å². The molecular formula is C81H135N13O16. The molecule has 0 aliphatic carbocycles. The second-order valence-electron chi connectivity index (χ2n) is 32.5. The number of benzene rings is 1. The molecule has 29 heteroatoms. The summed E-state index contributed by atoms with van der Waals surface area (Å²) in [6, 6.07) is -6.36. The van der Waals surface area contributed by atoms with E-state index in [2.05, 4.69) is 67.0 Å². The van der Waals surface area contributed by atoms with Crippen LogP contribution in [0.4, 0.5) is 0 Å². The predicted octanol–water partition coefficient (Wildman–Crippen LogP) is 4.83. The molecule has 16 atom stereocenters. The number of likely N-dealkylation sites (tertiary alicyclic amines) is 1. The maximum Gasteiger partial charge on any atom is 0.329 e. The molecule has 13 N–H and O–H groups in total. The van der Waals surface area contributed by atoms with E-state index in [0.29, 0.717) is 56.6 Å². The summed E-state index contributed by atoms with van der Waals surface area (Å²) in [6.07, 6.45) is 2.48. The van der Waals surface area contributed by atoms with E-state index in [1.807, 2.05) is 0 Å². The van der Waals surface area contributed by atoms with Crippen molar-refractivity contribution in [2.75, 3.05) is 13.1 Å². The van der Waals surface area contributed by atoms with Crippen LogP contribution < -0.4 is 58.9 Å². The highest BCUT2D eigenvalue weighted by Gasteiger charge is 2.45. The molecule has 110 heavy (non-hydrogen) atoms. The minimum atomic E-state index is -1.81. The van der Waals surface area contributed by atoms with E-state index in [1.54, 1.807) is 141 Å². The smallest absolute Gasteiger partial charge is 0.329 e. The van der Waals surface area contributed by atoms with Gasteiger partial charge in [0.1, 0.15) is 72.2 Å². The van der Waals surface area contributed by atoms with Crippen molar-refractivity contribution in [2.45, 2.75) is 314 Å². The third kappa shape index (κ3) is 28.8. The van der Waals surface area contributed by atoms with Crippen molar-refractivity contribution < 1.29 is 77.0 Å². The Morgan fingerprint density at radius 1 is 0.627 bits per heavy atom. The van der Waals surface area contributed by atoms with Crippen molar-refractivity contribution >= 4 is 82.6 Å². The number of allylic oxidation sites excluding steroid dienone is 1. The normalized spacial score (nSPS) is 22.2. The van der Waals surface area contributed by atoms with Gasteiger partial charge in [0, 0.05) is 37.8 Å². The highest BCUT2D eigenvalue weighted by atomic mass is 16.5. The quantitative estimate of drug-likeness (QED) is 0.0241. The fourth-order valence-electron chi connectivity index (χ4n) is 13.6. The zero-order valence-corrected chi connectivity index (χ0v) is 69.4. The second kappa shape index (κ2) is 46.5. The van der Waals surface area contributed by atoms with Gasteiger partial charge in [-0.1, -0.05) is 179 Å². The molecule has 2 aliphatic rings. The lowest BCUT2D eigenvalue weighted by atomic mass is 9.90. The number of Topliss-reactive ketones (excluding diaryl/α,β-unsaturated/α-hetero) is 1. The Labute approximate surface area is 653 Å². The van der Waals surface area contributed by atoms with E-state index in [-0.39, 0.29) is 62.7 Å². The number of aliphatic hydroxyl groups is 1. The van der Waals surface area contributed by atoms with Crippen molar-refractivity contribution in [2.24, 2.45) is 59.0 Å². The maximum absolute atomic E-state index is 15.2. The SMILES string of the molecule is C/C=C1\NC(=O)[C@H](Cc2ccccc2)NC(=O)[C@@H](C(C)C)NC(=O)[C@@H]([C@@H](C)CC)NC(=O)[C@H](NC(=O)[C@H](NC(=O)[C@H](CCCCCN)CC(=O)[C@H]2CCCN2C(=O)[C@H](NC(=O)[C@@H](NC(=O)[C@@H](NC(=O)[C@@H](C(C)C)N(C(=O)CCCC(C)C)C(C)C)[C@@H](C)O)C(C)C)C(C)C)[C@@H](C)CC)[C@H](C)OC(=O)[C@H](C(C)C)NC1=O. The van der Waals surface area contributed by atoms with Gasteiger partial charge in [-0.2, -0.15) is 0 Å². The molecule has 2 aliphatic heterocycles. The molecular weight excluding hydrogens is 1410 g/mol. The molecule has 620 valence electrons. The topological polar surface area (TPSA) is 421 Å². The summed E-state index contributed by atoms with van der Waals surface area (Å²) in [6.45, 7) is 36.2. The van der Waals surface area contributed by atoms with Crippen molar-refractivity contribution in [3.63, 3.8) is 0 Å². The van der Waals surface area contributed by atoms with Crippen LogP contribution in [0.3, 0.4) is 0 Å². The van der Waals surface area contributed by atoms with Gasteiger partial charge >= 0.3 is 5.97 Å². The number of unbranched alkanes of at least 4 members (excludes halogenated alkanes) is 2. The molecule has 1 aromatic carbocycles. The number of aliphatic hydroxyl groups excluding tert-OH is 1. The molecule has 29 nitrogen and oxygen atoms in total. The minimum absolute atomic E-state index is 0.0316. The average Bonchev–Trinajstić information content (AvgIpc) is 1.47. The van der Waals surface area contributed by atoms with Crippen LogP contribution in [0, 0.1) is 53.3 Å². The molecule has 0 saturated carbocycles. The summed E-state index contributed by atoms with van der Waals surface area (Å²) in [5, 5.41) is 38.4. The summed E-state index contributed by atoms with van der Waals surface area (Å²) in [5.74, 6) is -15.3. The number of carbonyl (C=O) groups is 14. The van der Waals surface area contributed by atoms with E-state index >= 15 is 14.4 Å². The summed E-state index contributed by atoms with van der Waals surface area (Å²) >= 11 is 0. The highest BCUT2D eigenvalue weighted by Crippen LogP contribution is 2.27. The maximum atomic E-state index is 15.2. The van der Waals surface area contributed by atoms with Crippen molar-refractivity contribution in [1.82, 2.24) is 63.0 Å². The Morgan fingerprint density at radius 3 is 1.74 bits per heavy atom. The number of ether oxygens (including phenoxy) is 1. The van der Waals surface area contributed by atoms with Crippen LogP contribution in [-0.4, -0.2) is 195 Å². The summed E-state index contributed by atoms with van der Waals surface area (Å²) < 4.78 is 6.00. The standard InChI is InChI=1S/C81H135N13O16/c1-22-50(18)65(76(104)92-68-53(21)110-81(109)64(47(12)13)88-71(99)56(24-3)83-72(100)57(41-54-34-27-25-28-35-54)84-73(101)61(44(6)7)85-75(103)66(51(19)23-2)90-78(68)106)89-70(98)55(36-29-26-30-39-82)42-59(96)58-37-32-40-93(58)80(108)63(46(10)11)87-74(102)62(45(8)9)86-77(105)67(52(20)95)91-79(107)69(48(14)15)94(49(16)17)60(97)38-31-33-43(4)5/h24-25,27-28,34-35,43-53,55,57-58,61-69,95H,22-23,26,29-33,36-42,82H2,1-21H3,(H,83,100)(H,84,101)(H,85,103)(H,86,105)(H,87,102)(H,88,99)(H,89,98)(H,90,106)(H,91,107)(H,92,104)/b56-24-/t50-,51-,52+,53-,55+,57-,58+,61+,62-,63+,64-,65+,66+,67-,68+,69+/m0/s1. The summed E-state index contributed by atoms with van der Waals surface area (Å²) in [5.41, 5.74) is 6.27. The molecule has 0 spiro atoms. The Kier molecular flexibility index (Phi) is 40.5. The van der Waals surface area contributed by atoms with Crippen LogP contribution in [0.2, 0.25) is 0 Å². The first-order chi connectivity index (χ1) is 51.6. The van der Waals surface area contributed by atoms with E-state index in [9.17, 15) is 57.8 Å². The van der Waals surface area contributed by atoms with E-state index in [0.717, 1.165) is 6.42 Å². The molecule has 0 aromatic heterocycles. The van der Waals surface area contributed by atoms with E-state index in [4.69, 9.17) is 10.5 Å². The lowest BCUT2D eigenvalue weighted by molar-refractivity contribution is -0.157. The lowest BCUT2D eigenvalue weighted by Gasteiger charge is -2.38. The van der Waals surface area contributed by atoms with Gasteiger partial charge in [-0.25, -0.2) is 4.79 Å². The molecule has 0 unspecified atom stereocenters. The number of nitrogens with one attached hydrogen (secondary N) is 10. The number of nitrogens with zero attached hydrogens (tertiary/aromatic N) is 2. The molecule has 2 heterocycles. The van der Waals surface area contributed by atoms with E-state index < -0.39 is 203 Å². The Hall–Kier alpha value is -8.34. The largest absolute Gasteiger partial charge is 0.458 e. The fraction of sp³-hybridized carbons (Fsp3) is 0.728. The van der Waals surface area contributed by atoms with E-state index in [1.165, 1.54) is 36.6 Å². The van der Waals surface area contributed by atoms with Gasteiger partial charge in [-0.15, -0.1) is 0 Å². The number of esters is 1. The number of amides is 12. The van der Waals surface area contributed by atoms with Crippen LogP contribution in [0.15, 0.2) is 42.1 Å². The first-order valence-electron chi connectivity index (χ1n) is 40.1. The number of ketones is 1. The van der Waals surface area contributed by atoms with Crippen LogP contribution in [0.1, 0.15) is 228 Å². The molecule has 1 aromatic rings. The number of hydrogen-bond acceptors (Lipinski definition) is 17. The van der Waals surface area contributed by atoms with Crippen LogP contribution in [0.5, 0.6) is 0 Å². The average molecular weight is 1550 g/mol. The number of cyclic esters (lactones) is 1. The molecule has 0 radical (unpaired) electrons. The summed E-state index contributed by atoms with van der Waals surface area (Å²) in [4.78, 5) is 207. The number of carbonyl (C=O) groups excluding carboxylic acids is 14. The first kappa shape index (κ1) is 95.9. The van der Waals surface area contributed by atoms with Gasteiger partial charge in [0.15, 0.2) is 5.78 Å². The Morgan fingerprint density at radius 2 is 1.20 bits per heavy atom. The number of hydrogen-bond donors (Lipinski definition) is 12. The molecule has 0 bridgehead atoms. The molecule has 2 saturated heterocycles. The molecule has 2 fully saturated rings. The van der Waals surface area contributed by atoms with Gasteiger partial charge in [0.05, 0.1) is 12.1 Å². The highest BCUT2D eigenvalue weighted by molar-refractivity contribution is 6.03. The molecule has 3 rings (SSSR count). The van der Waals surface area contributed by atoms with Crippen molar-refractivity contribution in [3.05, 3.63) is 47.7 Å². The molecule has 12 amide bonds. The van der Waals surface area contributed by atoms with Gasteiger partial charge in [0.2, 0.25) is 65.0 Å². The third-order valence-electron chi connectivity index (χ3n) is 20.8. The van der Waals surface area contributed by atoms with Crippen molar-refractivity contribution in [3.8, 4) is 0 Å². The van der Waals surface area contributed by atoms with Gasteiger partial charge in [0.25, 0.3) is 5.91 Å². The number of rotatable bonds is 37. The fourth-order valence-corrected chi connectivity index (χ4v) is 13.6. The van der Waals surface area contributed by atoms with Crippen LogP contribution in [0.25, 0.3) is 0 Å². The minimum Gasteiger partial charge on any atom is -0.458 e. The van der Waals surface area contributed by atoms with Crippen LogP contribution in [-0.2, 0) is 78.3 Å². The Bertz CT molecular complexity index is 3290. The second-order valence-corrected chi connectivity index (χ2v) is 32.5.